The normalized spacial score (nSPS) is 14.6. The minimum absolute atomic E-state index is 0.104. The lowest BCUT2D eigenvalue weighted by atomic mass is 10.1. The number of aromatic nitrogens is 2. The molecular formula is C18H22N4O. The zero-order valence-corrected chi connectivity index (χ0v) is 13.5. The Balaban J connectivity index is 2.01. The molecule has 5 heteroatoms. The highest BCUT2D eigenvalue weighted by Crippen LogP contribution is 2.25. The summed E-state index contributed by atoms with van der Waals surface area (Å²) in [6, 6.07) is 9.88. The molecule has 0 spiro atoms. The monoisotopic (exact) mass is 310 g/mol. The minimum Gasteiger partial charge on any atom is -0.356 e. The first-order valence-electron chi connectivity index (χ1n) is 8.25. The number of nitrogens with one attached hydrogen (secondary N) is 1. The Morgan fingerprint density at radius 1 is 1.17 bits per heavy atom. The van der Waals surface area contributed by atoms with Crippen LogP contribution in [0.2, 0.25) is 0 Å². The number of carbonyl (C=O) groups excluding carboxylic acids is 1. The van der Waals surface area contributed by atoms with E-state index in [0.717, 1.165) is 37.3 Å². The highest BCUT2D eigenvalue weighted by Gasteiger charge is 2.21. The van der Waals surface area contributed by atoms with Gasteiger partial charge in [-0.15, -0.1) is 0 Å². The third-order valence-corrected chi connectivity index (χ3v) is 4.04. The summed E-state index contributed by atoms with van der Waals surface area (Å²) in [6.07, 6.45) is 5.17. The van der Waals surface area contributed by atoms with E-state index in [-0.39, 0.29) is 5.91 Å². The van der Waals surface area contributed by atoms with E-state index < -0.39 is 0 Å². The molecule has 1 aliphatic rings. The first kappa shape index (κ1) is 15.5. The molecule has 0 saturated carbocycles. The summed E-state index contributed by atoms with van der Waals surface area (Å²) in [7, 11) is 0. The zero-order chi connectivity index (χ0) is 16.1. The summed E-state index contributed by atoms with van der Waals surface area (Å²) in [5.41, 5.74) is 1.53. The van der Waals surface area contributed by atoms with Crippen LogP contribution in [0.4, 0.5) is 5.82 Å². The molecule has 0 aliphatic carbocycles. The van der Waals surface area contributed by atoms with Gasteiger partial charge in [0.25, 0.3) is 5.91 Å². The molecule has 0 radical (unpaired) electrons. The number of nitrogens with zero attached hydrogens (tertiary/aromatic N) is 3. The molecule has 1 aromatic carbocycles. The molecule has 2 aromatic rings. The molecule has 1 amide bonds. The molecule has 120 valence electrons. The Hall–Kier alpha value is -2.43. The summed E-state index contributed by atoms with van der Waals surface area (Å²) in [4.78, 5) is 23.7. The molecule has 1 saturated heterocycles. The van der Waals surface area contributed by atoms with Crippen molar-refractivity contribution < 1.29 is 4.79 Å². The van der Waals surface area contributed by atoms with Crippen LogP contribution in [0.5, 0.6) is 0 Å². The number of rotatable bonds is 4. The molecule has 2 heterocycles. The van der Waals surface area contributed by atoms with Gasteiger partial charge >= 0.3 is 0 Å². The van der Waals surface area contributed by atoms with Crippen LogP contribution in [0, 0.1) is 0 Å². The maximum absolute atomic E-state index is 12.3. The topological polar surface area (TPSA) is 58.1 Å². The van der Waals surface area contributed by atoms with E-state index in [1.54, 1.807) is 6.20 Å². The molecule has 0 bridgehead atoms. The fourth-order valence-electron chi connectivity index (χ4n) is 2.86. The summed E-state index contributed by atoms with van der Waals surface area (Å²) in [6.45, 7) is 4.39. The van der Waals surface area contributed by atoms with Gasteiger partial charge in [0.2, 0.25) is 0 Å². The van der Waals surface area contributed by atoms with E-state index in [1.807, 2.05) is 37.3 Å². The van der Waals surface area contributed by atoms with Gasteiger partial charge in [-0.05, 0) is 26.2 Å². The van der Waals surface area contributed by atoms with Crippen molar-refractivity contribution in [2.45, 2.75) is 26.2 Å². The van der Waals surface area contributed by atoms with E-state index in [4.69, 9.17) is 4.98 Å². The van der Waals surface area contributed by atoms with Crippen LogP contribution in [-0.2, 0) is 0 Å². The van der Waals surface area contributed by atoms with Gasteiger partial charge < -0.3 is 10.2 Å². The molecule has 1 aromatic heterocycles. The van der Waals surface area contributed by atoms with Crippen LogP contribution in [0.3, 0.4) is 0 Å². The molecule has 1 aliphatic heterocycles. The summed E-state index contributed by atoms with van der Waals surface area (Å²) < 4.78 is 0. The fourth-order valence-corrected chi connectivity index (χ4v) is 2.86. The molecule has 0 unspecified atom stereocenters. The second-order valence-electron chi connectivity index (χ2n) is 5.70. The second-order valence-corrected chi connectivity index (χ2v) is 5.70. The van der Waals surface area contributed by atoms with E-state index in [9.17, 15) is 4.79 Å². The lowest BCUT2D eigenvalue weighted by Gasteiger charge is -2.29. The van der Waals surface area contributed by atoms with E-state index >= 15 is 0 Å². The van der Waals surface area contributed by atoms with Gasteiger partial charge in [0.1, 0.15) is 11.4 Å². The average molecular weight is 310 g/mol. The molecule has 1 fully saturated rings. The first-order chi connectivity index (χ1) is 11.3. The predicted molar refractivity (Wildman–Crippen MR) is 91.5 cm³/mol. The Labute approximate surface area is 136 Å². The Kier molecular flexibility index (Phi) is 4.86. The third-order valence-electron chi connectivity index (χ3n) is 4.04. The summed E-state index contributed by atoms with van der Waals surface area (Å²) in [5.74, 6) is 1.32. The average Bonchev–Trinajstić information content (AvgIpc) is 2.63. The van der Waals surface area contributed by atoms with Gasteiger partial charge in [0.15, 0.2) is 5.82 Å². The summed E-state index contributed by atoms with van der Waals surface area (Å²) >= 11 is 0. The van der Waals surface area contributed by atoms with Crippen LogP contribution < -0.4 is 10.2 Å². The van der Waals surface area contributed by atoms with Crippen LogP contribution in [0.1, 0.15) is 36.5 Å². The van der Waals surface area contributed by atoms with Crippen molar-refractivity contribution in [1.29, 1.82) is 0 Å². The van der Waals surface area contributed by atoms with Gasteiger partial charge in [-0.2, -0.15) is 0 Å². The number of carbonyl (C=O) groups is 1. The zero-order valence-electron chi connectivity index (χ0n) is 13.5. The van der Waals surface area contributed by atoms with E-state index in [2.05, 4.69) is 15.2 Å². The van der Waals surface area contributed by atoms with Crippen LogP contribution >= 0.6 is 0 Å². The number of hydrogen-bond acceptors (Lipinski definition) is 4. The SMILES string of the molecule is CCNC(=O)c1cnc(-c2ccccc2)nc1N1CCCCC1. The highest BCUT2D eigenvalue weighted by atomic mass is 16.1. The highest BCUT2D eigenvalue weighted by molar-refractivity contribution is 5.98. The largest absolute Gasteiger partial charge is 0.356 e. The lowest BCUT2D eigenvalue weighted by Crippen LogP contribution is -2.34. The van der Waals surface area contributed by atoms with Crippen molar-refractivity contribution in [3.05, 3.63) is 42.1 Å². The lowest BCUT2D eigenvalue weighted by molar-refractivity contribution is 0.0955. The van der Waals surface area contributed by atoms with Crippen molar-refractivity contribution in [3.8, 4) is 11.4 Å². The predicted octanol–water partition coefficient (Wildman–Crippen LogP) is 2.88. The fraction of sp³-hybridized carbons (Fsp3) is 0.389. The smallest absolute Gasteiger partial charge is 0.256 e. The van der Waals surface area contributed by atoms with Gasteiger partial charge in [-0.25, -0.2) is 9.97 Å². The second kappa shape index (κ2) is 7.22. The standard InChI is InChI=1S/C18H22N4O/c1-2-19-18(23)15-13-20-16(14-9-5-3-6-10-14)21-17(15)22-11-7-4-8-12-22/h3,5-6,9-10,13H,2,4,7-8,11-12H2,1H3,(H,19,23). The molecule has 23 heavy (non-hydrogen) atoms. The molecule has 5 nitrogen and oxygen atoms in total. The van der Waals surface area contributed by atoms with Crippen molar-refractivity contribution in [3.63, 3.8) is 0 Å². The van der Waals surface area contributed by atoms with Gasteiger partial charge in [-0.3, -0.25) is 4.79 Å². The van der Waals surface area contributed by atoms with Crippen LogP contribution in [0.25, 0.3) is 11.4 Å². The maximum Gasteiger partial charge on any atom is 0.256 e. The minimum atomic E-state index is -0.104. The van der Waals surface area contributed by atoms with Gasteiger partial charge in [0, 0.05) is 31.4 Å². The quantitative estimate of drug-likeness (QED) is 0.943. The van der Waals surface area contributed by atoms with E-state index in [0.29, 0.717) is 17.9 Å². The number of benzene rings is 1. The van der Waals surface area contributed by atoms with Crippen molar-refractivity contribution in [2.75, 3.05) is 24.5 Å². The molecule has 1 N–H and O–H groups in total. The number of anilines is 1. The van der Waals surface area contributed by atoms with Gasteiger partial charge in [-0.1, -0.05) is 30.3 Å². The molecule has 0 atom stereocenters. The van der Waals surface area contributed by atoms with Crippen molar-refractivity contribution in [1.82, 2.24) is 15.3 Å². The third kappa shape index (κ3) is 3.50. The molecular weight excluding hydrogens is 288 g/mol. The Morgan fingerprint density at radius 3 is 2.61 bits per heavy atom. The first-order valence-corrected chi connectivity index (χ1v) is 8.25. The van der Waals surface area contributed by atoms with Gasteiger partial charge in [0.05, 0.1) is 0 Å². The van der Waals surface area contributed by atoms with Crippen molar-refractivity contribution in [2.24, 2.45) is 0 Å². The number of amides is 1. The van der Waals surface area contributed by atoms with E-state index in [1.165, 1.54) is 6.42 Å². The summed E-state index contributed by atoms with van der Waals surface area (Å²) in [5, 5.41) is 2.85. The molecule has 3 rings (SSSR count). The Bertz CT molecular complexity index is 666. The van der Waals surface area contributed by atoms with Crippen LogP contribution in [0.15, 0.2) is 36.5 Å². The maximum atomic E-state index is 12.3. The Morgan fingerprint density at radius 2 is 1.91 bits per heavy atom. The van der Waals surface area contributed by atoms with Crippen LogP contribution in [-0.4, -0.2) is 35.5 Å². The number of hydrogen-bond donors (Lipinski definition) is 1. The van der Waals surface area contributed by atoms with Crippen molar-refractivity contribution >= 4 is 11.7 Å². The number of piperidine rings is 1.